The summed E-state index contributed by atoms with van der Waals surface area (Å²) in [4.78, 5) is 9.14. The molecule has 0 saturated carbocycles. The third kappa shape index (κ3) is 2.24. The third-order valence-corrected chi connectivity index (χ3v) is 5.08. The van der Waals surface area contributed by atoms with Crippen molar-refractivity contribution in [3.8, 4) is 11.4 Å². The van der Waals surface area contributed by atoms with Crippen LogP contribution in [0, 0.1) is 0 Å². The van der Waals surface area contributed by atoms with Gasteiger partial charge in [-0.25, -0.2) is 9.97 Å². The van der Waals surface area contributed by atoms with Gasteiger partial charge in [-0.1, -0.05) is 45.7 Å². The van der Waals surface area contributed by atoms with Crippen LogP contribution in [-0.4, -0.2) is 9.97 Å². The quantitative estimate of drug-likeness (QED) is 0.385. The minimum absolute atomic E-state index is 0.478. The number of thiophene rings is 1. The molecule has 0 amide bonds. The lowest BCUT2D eigenvalue weighted by Crippen LogP contribution is -1.91. The van der Waals surface area contributed by atoms with Gasteiger partial charge in [0.2, 0.25) is 0 Å². The van der Waals surface area contributed by atoms with Crippen LogP contribution in [-0.2, 0) is 0 Å². The lowest BCUT2D eigenvalue weighted by molar-refractivity contribution is 1.23. The molecule has 0 spiro atoms. The summed E-state index contributed by atoms with van der Waals surface area (Å²) in [5.74, 6) is 0.673. The number of fused-ring (bicyclic) bond motifs is 2. The Morgan fingerprint density at radius 1 is 1.00 bits per heavy atom. The molecule has 0 atom stereocenters. The Labute approximate surface area is 138 Å². The SMILES string of the molecule is Clc1nc(-c2csc3ccccc23)nc2ccc(Br)cc12. The fourth-order valence-corrected chi connectivity index (χ4v) is 3.87. The Morgan fingerprint density at radius 3 is 2.76 bits per heavy atom. The molecule has 0 fully saturated rings. The van der Waals surface area contributed by atoms with E-state index in [4.69, 9.17) is 11.6 Å². The molecular formula is C16H8BrClN2S. The van der Waals surface area contributed by atoms with Gasteiger partial charge < -0.3 is 0 Å². The van der Waals surface area contributed by atoms with E-state index in [1.165, 1.54) is 4.70 Å². The summed E-state index contributed by atoms with van der Waals surface area (Å²) >= 11 is 11.5. The lowest BCUT2D eigenvalue weighted by Gasteiger charge is -2.04. The van der Waals surface area contributed by atoms with E-state index >= 15 is 0 Å². The van der Waals surface area contributed by atoms with Crippen molar-refractivity contribution in [2.45, 2.75) is 0 Å². The molecule has 0 radical (unpaired) electrons. The summed E-state index contributed by atoms with van der Waals surface area (Å²) in [6, 6.07) is 14.1. The van der Waals surface area contributed by atoms with E-state index in [2.05, 4.69) is 43.4 Å². The number of benzene rings is 2. The molecule has 0 N–H and O–H groups in total. The molecule has 4 rings (SSSR count). The smallest absolute Gasteiger partial charge is 0.162 e. The number of halogens is 2. The second-order valence-corrected chi connectivity index (χ2v) is 6.83. The van der Waals surface area contributed by atoms with Crippen molar-refractivity contribution in [2.75, 3.05) is 0 Å². The van der Waals surface area contributed by atoms with E-state index < -0.39 is 0 Å². The zero-order valence-corrected chi connectivity index (χ0v) is 13.8. The minimum Gasteiger partial charge on any atom is -0.228 e. The first kappa shape index (κ1) is 13.2. The average molecular weight is 376 g/mol. The molecule has 2 heterocycles. The lowest BCUT2D eigenvalue weighted by atomic mass is 10.1. The molecule has 0 aliphatic heterocycles. The molecule has 0 unspecified atom stereocenters. The monoisotopic (exact) mass is 374 g/mol. The maximum Gasteiger partial charge on any atom is 0.162 e. The van der Waals surface area contributed by atoms with Crippen molar-refractivity contribution < 1.29 is 0 Å². The van der Waals surface area contributed by atoms with Gasteiger partial charge in [0.25, 0.3) is 0 Å². The van der Waals surface area contributed by atoms with Crippen LogP contribution in [0.2, 0.25) is 5.15 Å². The van der Waals surface area contributed by atoms with E-state index in [1.807, 2.05) is 30.3 Å². The zero-order valence-electron chi connectivity index (χ0n) is 10.7. The largest absolute Gasteiger partial charge is 0.228 e. The van der Waals surface area contributed by atoms with Crippen LogP contribution in [0.15, 0.2) is 52.3 Å². The molecule has 102 valence electrons. The van der Waals surface area contributed by atoms with Crippen LogP contribution in [0.1, 0.15) is 0 Å². The van der Waals surface area contributed by atoms with Crippen molar-refractivity contribution in [1.82, 2.24) is 9.97 Å². The standard InChI is InChI=1S/C16H8BrClN2S/c17-9-5-6-13-11(7-9)15(18)20-16(19-13)12-8-21-14-4-2-1-3-10(12)14/h1-8H. The Kier molecular flexibility index (Phi) is 3.17. The summed E-state index contributed by atoms with van der Waals surface area (Å²) in [6.45, 7) is 0. The van der Waals surface area contributed by atoms with Crippen molar-refractivity contribution >= 4 is 59.9 Å². The number of rotatable bonds is 1. The number of nitrogens with zero attached hydrogens (tertiary/aromatic N) is 2. The highest BCUT2D eigenvalue weighted by atomic mass is 79.9. The summed E-state index contributed by atoms with van der Waals surface area (Å²) in [5.41, 5.74) is 1.88. The average Bonchev–Trinajstić information content (AvgIpc) is 2.92. The fraction of sp³-hybridized carbons (Fsp3) is 0. The highest BCUT2D eigenvalue weighted by Crippen LogP contribution is 2.34. The topological polar surface area (TPSA) is 25.8 Å². The van der Waals surface area contributed by atoms with Crippen molar-refractivity contribution in [3.63, 3.8) is 0 Å². The molecule has 2 aromatic carbocycles. The molecule has 5 heteroatoms. The summed E-state index contributed by atoms with van der Waals surface area (Å²) in [7, 11) is 0. The van der Waals surface area contributed by atoms with Crippen LogP contribution in [0.3, 0.4) is 0 Å². The third-order valence-electron chi connectivity index (χ3n) is 3.33. The van der Waals surface area contributed by atoms with E-state index in [-0.39, 0.29) is 0 Å². The molecule has 4 aromatic rings. The predicted octanol–water partition coefficient (Wildman–Crippen LogP) is 5.93. The predicted molar refractivity (Wildman–Crippen MR) is 93.1 cm³/mol. The van der Waals surface area contributed by atoms with Gasteiger partial charge in [-0.3, -0.25) is 0 Å². The second-order valence-electron chi connectivity index (χ2n) is 4.65. The number of hydrogen-bond acceptors (Lipinski definition) is 3. The zero-order chi connectivity index (χ0) is 14.4. The first-order valence-electron chi connectivity index (χ1n) is 6.32. The van der Waals surface area contributed by atoms with Gasteiger partial charge in [0.05, 0.1) is 5.52 Å². The normalized spacial score (nSPS) is 11.3. The van der Waals surface area contributed by atoms with E-state index in [0.29, 0.717) is 11.0 Å². The van der Waals surface area contributed by atoms with Crippen molar-refractivity contribution in [3.05, 3.63) is 57.5 Å². The van der Waals surface area contributed by atoms with Crippen LogP contribution < -0.4 is 0 Å². The summed E-state index contributed by atoms with van der Waals surface area (Å²) < 4.78 is 2.19. The Bertz CT molecular complexity index is 981. The van der Waals surface area contributed by atoms with E-state index in [0.717, 1.165) is 26.3 Å². The van der Waals surface area contributed by atoms with Gasteiger partial charge >= 0.3 is 0 Å². The van der Waals surface area contributed by atoms with Crippen LogP contribution in [0.25, 0.3) is 32.4 Å². The van der Waals surface area contributed by atoms with E-state index in [1.54, 1.807) is 11.3 Å². The Balaban J connectivity index is 2.00. The van der Waals surface area contributed by atoms with Crippen molar-refractivity contribution in [1.29, 1.82) is 0 Å². The molecule has 0 aliphatic rings. The fourth-order valence-electron chi connectivity index (χ4n) is 2.33. The Hall–Kier alpha value is -1.49. The maximum atomic E-state index is 6.33. The first-order valence-corrected chi connectivity index (χ1v) is 8.37. The number of aromatic nitrogens is 2. The maximum absolute atomic E-state index is 6.33. The summed E-state index contributed by atoms with van der Waals surface area (Å²) in [6.07, 6.45) is 0. The minimum atomic E-state index is 0.478. The van der Waals surface area contributed by atoms with Gasteiger partial charge in [0.15, 0.2) is 5.82 Å². The molecular weight excluding hydrogens is 368 g/mol. The molecule has 21 heavy (non-hydrogen) atoms. The second kappa shape index (κ2) is 5.05. The summed E-state index contributed by atoms with van der Waals surface area (Å²) in [5, 5.41) is 4.58. The van der Waals surface area contributed by atoms with Crippen LogP contribution in [0.4, 0.5) is 0 Å². The van der Waals surface area contributed by atoms with Crippen molar-refractivity contribution in [2.24, 2.45) is 0 Å². The molecule has 0 saturated heterocycles. The molecule has 2 aromatic heterocycles. The van der Waals surface area contributed by atoms with Gasteiger partial charge in [0.1, 0.15) is 5.15 Å². The van der Waals surface area contributed by atoms with Crippen LogP contribution in [0.5, 0.6) is 0 Å². The van der Waals surface area contributed by atoms with E-state index in [9.17, 15) is 0 Å². The molecule has 0 aliphatic carbocycles. The first-order chi connectivity index (χ1) is 10.2. The highest BCUT2D eigenvalue weighted by molar-refractivity contribution is 9.10. The number of hydrogen-bond donors (Lipinski definition) is 0. The van der Waals surface area contributed by atoms with Crippen LogP contribution >= 0.6 is 38.9 Å². The highest BCUT2D eigenvalue weighted by Gasteiger charge is 2.12. The van der Waals surface area contributed by atoms with Gasteiger partial charge in [-0.15, -0.1) is 11.3 Å². The van der Waals surface area contributed by atoms with Gasteiger partial charge in [-0.2, -0.15) is 0 Å². The molecule has 0 bridgehead atoms. The molecule has 2 nitrogen and oxygen atoms in total. The van der Waals surface area contributed by atoms with Gasteiger partial charge in [-0.05, 0) is 24.3 Å². The van der Waals surface area contributed by atoms with Gasteiger partial charge in [0, 0.05) is 30.9 Å². The Morgan fingerprint density at radius 2 is 1.86 bits per heavy atom.